The van der Waals surface area contributed by atoms with Crippen molar-refractivity contribution in [3.63, 3.8) is 0 Å². The number of benzene rings is 1. The number of imidazole rings is 1. The van der Waals surface area contributed by atoms with E-state index in [0.29, 0.717) is 24.7 Å². The summed E-state index contributed by atoms with van der Waals surface area (Å²) >= 11 is 0. The molecule has 5 rings (SSSR count). The van der Waals surface area contributed by atoms with Gasteiger partial charge in [0.05, 0.1) is 6.33 Å². The van der Waals surface area contributed by atoms with Crippen LogP contribution in [0.3, 0.4) is 0 Å². The van der Waals surface area contributed by atoms with E-state index in [1.165, 1.54) is 24.8 Å². The average Bonchev–Trinajstić information content (AvgIpc) is 3.25. The number of rotatable bonds is 4. The monoisotopic (exact) mass is 378 g/mol. The Kier molecular flexibility index (Phi) is 4.50. The highest BCUT2D eigenvalue weighted by atomic mass is 16.2. The van der Waals surface area contributed by atoms with Gasteiger partial charge in [0.25, 0.3) is 0 Å². The first-order chi connectivity index (χ1) is 13.6. The molecule has 2 aromatic rings. The normalized spacial score (nSPS) is 34.2. The molecule has 148 valence electrons. The van der Waals surface area contributed by atoms with Crippen molar-refractivity contribution in [1.29, 1.82) is 0 Å². The summed E-state index contributed by atoms with van der Waals surface area (Å²) in [5.41, 5.74) is 1.55. The van der Waals surface area contributed by atoms with E-state index in [2.05, 4.69) is 52.5 Å². The van der Waals surface area contributed by atoms with Gasteiger partial charge in [-0.25, -0.2) is 4.98 Å². The van der Waals surface area contributed by atoms with Gasteiger partial charge in [-0.2, -0.15) is 0 Å². The Bertz CT molecular complexity index is 820. The standard InChI is InChI=1S/C23H30N4O/c1-23-14-19-18(13-17-7-3-2-4-8-17)25-20(23)9-5-6-10-21(23)27(19)22(28)15-26-12-11-24-16-26/h2-4,7-8,11-12,16,18-21,25H,5-6,9-10,13-15H2,1H3/t18-,19-,20+,21-,23+/m0/s1. The number of fused-ring (bicyclic) bond motifs is 1. The highest BCUT2D eigenvalue weighted by Gasteiger charge is 2.59. The molecule has 0 spiro atoms. The van der Waals surface area contributed by atoms with Crippen LogP contribution in [0.5, 0.6) is 0 Å². The number of nitrogens with zero attached hydrogens (tertiary/aromatic N) is 3. The number of carbonyl (C=O) groups is 1. The minimum Gasteiger partial charge on any atom is -0.333 e. The molecule has 3 fully saturated rings. The third kappa shape index (κ3) is 2.96. The topological polar surface area (TPSA) is 50.2 Å². The lowest BCUT2D eigenvalue weighted by Crippen LogP contribution is -2.57. The van der Waals surface area contributed by atoms with Crippen molar-refractivity contribution in [1.82, 2.24) is 19.8 Å². The highest BCUT2D eigenvalue weighted by molar-refractivity contribution is 5.77. The van der Waals surface area contributed by atoms with Crippen LogP contribution in [0, 0.1) is 5.41 Å². The first-order valence-electron chi connectivity index (χ1n) is 10.7. The molecule has 1 aromatic heterocycles. The maximum atomic E-state index is 13.5. The largest absolute Gasteiger partial charge is 0.333 e. The Labute approximate surface area is 167 Å². The van der Waals surface area contributed by atoms with Gasteiger partial charge >= 0.3 is 0 Å². The molecule has 2 saturated heterocycles. The van der Waals surface area contributed by atoms with Crippen LogP contribution in [-0.2, 0) is 17.8 Å². The van der Waals surface area contributed by atoms with Gasteiger partial charge in [-0.3, -0.25) is 4.79 Å². The molecule has 1 aliphatic carbocycles. The Morgan fingerprint density at radius 2 is 2.07 bits per heavy atom. The number of hydrogen-bond acceptors (Lipinski definition) is 3. The van der Waals surface area contributed by atoms with Gasteiger partial charge in [-0.1, -0.05) is 50.1 Å². The van der Waals surface area contributed by atoms with Crippen LogP contribution in [0.25, 0.3) is 0 Å². The van der Waals surface area contributed by atoms with Crippen molar-refractivity contribution in [2.24, 2.45) is 5.41 Å². The fraction of sp³-hybridized carbons (Fsp3) is 0.565. The van der Waals surface area contributed by atoms with Gasteiger partial charge in [0, 0.05) is 42.0 Å². The van der Waals surface area contributed by atoms with Gasteiger partial charge in [-0.05, 0) is 31.2 Å². The van der Waals surface area contributed by atoms with Crippen LogP contribution in [0.15, 0.2) is 49.1 Å². The maximum Gasteiger partial charge on any atom is 0.243 e. The summed E-state index contributed by atoms with van der Waals surface area (Å²) in [5, 5.41) is 4.01. The van der Waals surface area contributed by atoms with Crippen molar-refractivity contribution in [2.75, 3.05) is 0 Å². The Hall–Kier alpha value is -2.14. The molecule has 2 aliphatic heterocycles. The summed E-state index contributed by atoms with van der Waals surface area (Å²) in [4.78, 5) is 19.9. The van der Waals surface area contributed by atoms with Crippen LogP contribution < -0.4 is 5.32 Å². The maximum absolute atomic E-state index is 13.5. The lowest BCUT2D eigenvalue weighted by Gasteiger charge is -2.43. The SMILES string of the molecule is C[C@@]12C[C@H]3[C@H](Cc4ccccc4)N[C@@H]1CCCC[C@@H]2N3C(=O)Cn1ccnc1. The van der Waals surface area contributed by atoms with Crippen molar-refractivity contribution in [3.05, 3.63) is 54.6 Å². The molecule has 5 heteroatoms. The minimum absolute atomic E-state index is 0.193. The number of carbonyl (C=O) groups excluding carboxylic acids is 1. The van der Waals surface area contributed by atoms with Gasteiger partial charge in [0.1, 0.15) is 6.54 Å². The molecule has 5 atom stereocenters. The first kappa shape index (κ1) is 17.9. The average molecular weight is 379 g/mol. The molecule has 3 aliphatic rings. The van der Waals surface area contributed by atoms with E-state index in [4.69, 9.17) is 0 Å². The Balaban J connectivity index is 1.46. The molecule has 1 N–H and O–H groups in total. The summed E-state index contributed by atoms with van der Waals surface area (Å²) < 4.78 is 1.90. The summed E-state index contributed by atoms with van der Waals surface area (Å²) in [6.07, 6.45) is 12.3. The van der Waals surface area contributed by atoms with Crippen LogP contribution >= 0.6 is 0 Å². The second kappa shape index (κ2) is 7.03. The van der Waals surface area contributed by atoms with Gasteiger partial charge in [0.15, 0.2) is 0 Å². The first-order valence-corrected chi connectivity index (χ1v) is 10.7. The van der Waals surface area contributed by atoms with Gasteiger partial charge < -0.3 is 14.8 Å². The van der Waals surface area contributed by atoms with Gasteiger partial charge in [-0.15, -0.1) is 0 Å². The zero-order valence-electron chi connectivity index (χ0n) is 16.6. The number of aromatic nitrogens is 2. The van der Waals surface area contributed by atoms with E-state index in [0.717, 1.165) is 19.3 Å². The fourth-order valence-corrected chi connectivity index (χ4v) is 6.11. The Morgan fingerprint density at radius 1 is 1.25 bits per heavy atom. The van der Waals surface area contributed by atoms with Crippen molar-refractivity contribution < 1.29 is 4.79 Å². The van der Waals surface area contributed by atoms with Crippen molar-refractivity contribution in [2.45, 2.75) is 76.2 Å². The third-order valence-electron chi connectivity index (χ3n) is 7.46. The molecular weight excluding hydrogens is 348 g/mol. The molecule has 0 radical (unpaired) electrons. The summed E-state index contributed by atoms with van der Waals surface area (Å²) in [6, 6.07) is 12.2. The van der Waals surface area contributed by atoms with E-state index >= 15 is 0 Å². The summed E-state index contributed by atoms with van der Waals surface area (Å²) in [7, 11) is 0. The lowest BCUT2D eigenvalue weighted by molar-refractivity contribution is -0.135. The Morgan fingerprint density at radius 3 is 2.86 bits per heavy atom. The van der Waals surface area contributed by atoms with Crippen molar-refractivity contribution in [3.8, 4) is 0 Å². The fourth-order valence-electron chi connectivity index (χ4n) is 6.11. The van der Waals surface area contributed by atoms with Gasteiger partial charge in [0.2, 0.25) is 5.91 Å². The molecule has 28 heavy (non-hydrogen) atoms. The second-order valence-electron chi connectivity index (χ2n) is 9.13. The van der Waals surface area contributed by atoms with E-state index in [-0.39, 0.29) is 17.4 Å². The summed E-state index contributed by atoms with van der Waals surface area (Å²) in [5.74, 6) is 0.249. The molecule has 1 aromatic carbocycles. The van der Waals surface area contributed by atoms with Crippen LogP contribution in [0.4, 0.5) is 0 Å². The number of hydrogen-bond donors (Lipinski definition) is 1. The van der Waals surface area contributed by atoms with E-state index in [1.807, 2.05) is 10.8 Å². The molecule has 3 heterocycles. The molecule has 1 saturated carbocycles. The minimum atomic E-state index is 0.193. The number of piperidine rings is 1. The van der Waals surface area contributed by atoms with Crippen LogP contribution in [-0.4, -0.2) is 44.5 Å². The quantitative estimate of drug-likeness (QED) is 0.890. The lowest BCUT2D eigenvalue weighted by atomic mass is 9.70. The third-order valence-corrected chi connectivity index (χ3v) is 7.46. The van der Waals surface area contributed by atoms with E-state index in [1.54, 1.807) is 12.5 Å². The van der Waals surface area contributed by atoms with E-state index < -0.39 is 0 Å². The molecule has 1 amide bonds. The van der Waals surface area contributed by atoms with Crippen molar-refractivity contribution >= 4 is 5.91 Å². The zero-order chi connectivity index (χ0) is 19.1. The van der Waals surface area contributed by atoms with Crippen LogP contribution in [0.2, 0.25) is 0 Å². The zero-order valence-corrected chi connectivity index (χ0v) is 16.6. The number of amides is 1. The smallest absolute Gasteiger partial charge is 0.243 e. The molecule has 0 unspecified atom stereocenters. The predicted molar refractivity (Wildman–Crippen MR) is 109 cm³/mol. The molecular formula is C23H30N4O. The molecule has 5 nitrogen and oxygen atoms in total. The van der Waals surface area contributed by atoms with Crippen LogP contribution in [0.1, 0.15) is 44.6 Å². The number of nitrogens with one attached hydrogen (secondary N) is 1. The summed E-state index contributed by atoms with van der Waals surface area (Å²) in [6.45, 7) is 2.82. The number of likely N-dealkylation sites (tertiary alicyclic amines) is 1. The van der Waals surface area contributed by atoms with E-state index in [9.17, 15) is 4.79 Å². The highest BCUT2D eigenvalue weighted by Crippen LogP contribution is 2.52. The predicted octanol–water partition coefficient (Wildman–Crippen LogP) is 3.02. The molecule has 2 bridgehead atoms. The second-order valence-corrected chi connectivity index (χ2v) is 9.13.